The van der Waals surface area contributed by atoms with E-state index in [0.717, 1.165) is 30.2 Å². The van der Waals surface area contributed by atoms with Crippen LogP contribution in [-0.2, 0) is 12.8 Å². The summed E-state index contributed by atoms with van der Waals surface area (Å²) in [7, 11) is 0. The predicted octanol–water partition coefficient (Wildman–Crippen LogP) is 5.21. The van der Waals surface area contributed by atoms with E-state index in [1.807, 2.05) is 17.9 Å². The SMILES string of the molecule is CCc1nc(C)nc(N2CCN(C(=O)c3ccc(Cl)cc3Cl)CC2)c1Cc1ccccc1. The molecule has 1 fully saturated rings. The van der Waals surface area contributed by atoms with Crippen molar-refractivity contribution in [3.8, 4) is 0 Å². The third-order valence-corrected chi connectivity index (χ3v) is 6.32. The Morgan fingerprint density at radius 1 is 1.00 bits per heavy atom. The number of amides is 1. The van der Waals surface area contributed by atoms with E-state index in [0.29, 0.717) is 41.8 Å². The molecule has 0 aliphatic carbocycles. The van der Waals surface area contributed by atoms with E-state index in [-0.39, 0.29) is 5.91 Å². The van der Waals surface area contributed by atoms with Gasteiger partial charge in [0.15, 0.2) is 0 Å². The number of aromatic nitrogens is 2. The van der Waals surface area contributed by atoms with Gasteiger partial charge in [-0.15, -0.1) is 0 Å². The second-order valence-corrected chi connectivity index (χ2v) is 8.78. The van der Waals surface area contributed by atoms with Crippen molar-refractivity contribution in [3.05, 3.63) is 86.8 Å². The highest BCUT2D eigenvalue weighted by molar-refractivity contribution is 6.36. The molecule has 0 spiro atoms. The zero-order valence-electron chi connectivity index (χ0n) is 18.3. The summed E-state index contributed by atoms with van der Waals surface area (Å²) in [4.78, 5) is 26.7. The van der Waals surface area contributed by atoms with E-state index >= 15 is 0 Å². The first-order valence-electron chi connectivity index (χ1n) is 10.9. The van der Waals surface area contributed by atoms with Crippen molar-refractivity contribution >= 4 is 34.9 Å². The molecule has 2 heterocycles. The Morgan fingerprint density at radius 3 is 2.38 bits per heavy atom. The van der Waals surface area contributed by atoms with E-state index in [9.17, 15) is 4.79 Å². The molecule has 1 aliphatic rings. The minimum atomic E-state index is -0.0658. The quantitative estimate of drug-likeness (QED) is 0.515. The number of benzene rings is 2. The number of carbonyl (C=O) groups is 1. The zero-order chi connectivity index (χ0) is 22.7. The lowest BCUT2D eigenvalue weighted by Gasteiger charge is -2.36. The fraction of sp³-hybridized carbons (Fsp3) is 0.320. The summed E-state index contributed by atoms with van der Waals surface area (Å²) in [6.07, 6.45) is 1.64. The lowest BCUT2D eigenvalue weighted by Crippen LogP contribution is -2.49. The van der Waals surface area contributed by atoms with Crippen molar-refractivity contribution in [2.45, 2.75) is 26.7 Å². The van der Waals surface area contributed by atoms with Crippen LogP contribution in [-0.4, -0.2) is 47.0 Å². The summed E-state index contributed by atoms with van der Waals surface area (Å²) in [6.45, 7) is 6.70. The van der Waals surface area contributed by atoms with Crippen LogP contribution in [0.15, 0.2) is 48.5 Å². The van der Waals surface area contributed by atoms with Crippen molar-refractivity contribution < 1.29 is 4.79 Å². The highest BCUT2D eigenvalue weighted by atomic mass is 35.5. The highest BCUT2D eigenvalue weighted by Gasteiger charge is 2.26. The van der Waals surface area contributed by atoms with Gasteiger partial charge in [-0.3, -0.25) is 4.79 Å². The van der Waals surface area contributed by atoms with E-state index in [1.165, 1.54) is 11.1 Å². The van der Waals surface area contributed by atoms with Crippen molar-refractivity contribution in [1.82, 2.24) is 14.9 Å². The molecule has 1 amide bonds. The number of nitrogens with zero attached hydrogens (tertiary/aromatic N) is 4. The average Bonchev–Trinajstić information content (AvgIpc) is 2.80. The summed E-state index contributed by atoms with van der Waals surface area (Å²) in [5.41, 5.74) is 3.98. The Morgan fingerprint density at radius 2 is 1.72 bits per heavy atom. The molecule has 1 saturated heterocycles. The molecule has 0 bridgehead atoms. The van der Waals surface area contributed by atoms with Crippen LogP contribution in [0.3, 0.4) is 0 Å². The van der Waals surface area contributed by atoms with Gasteiger partial charge in [0.1, 0.15) is 11.6 Å². The van der Waals surface area contributed by atoms with Gasteiger partial charge in [0.05, 0.1) is 10.6 Å². The lowest BCUT2D eigenvalue weighted by atomic mass is 10.0. The predicted molar refractivity (Wildman–Crippen MR) is 130 cm³/mol. The Kier molecular flexibility index (Phi) is 6.97. The van der Waals surface area contributed by atoms with Crippen LogP contribution >= 0.6 is 23.2 Å². The molecular weight excluding hydrogens is 443 g/mol. The fourth-order valence-electron chi connectivity index (χ4n) is 4.13. The summed E-state index contributed by atoms with van der Waals surface area (Å²) in [5, 5.41) is 0.905. The third kappa shape index (κ3) is 4.89. The number of aryl methyl sites for hydroxylation is 2. The van der Waals surface area contributed by atoms with Crippen LogP contribution in [0.25, 0.3) is 0 Å². The van der Waals surface area contributed by atoms with Gasteiger partial charge in [0.2, 0.25) is 0 Å². The molecule has 1 aliphatic heterocycles. The van der Waals surface area contributed by atoms with E-state index in [4.69, 9.17) is 33.2 Å². The Bertz CT molecular complexity index is 1110. The molecule has 3 aromatic rings. The van der Waals surface area contributed by atoms with Crippen LogP contribution in [0.1, 0.15) is 39.9 Å². The second-order valence-electron chi connectivity index (χ2n) is 7.94. The molecule has 0 N–H and O–H groups in total. The van der Waals surface area contributed by atoms with E-state index in [1.54, 1.807) is 18.2 Å². The minimum Gasteiger partial charge on any atom is -0.353 e. The molecule has 0 atom stereocenters. The normalized spacial score (nSPS) is 14.0. The Labute approximate surface area is 199 Å². The Hall–Kier alpha value is -2.63. The highest BCUT2D eigenvalue weighted by Crippen LogP contribution is 2.27. The van der Waals surface area contributed by atoms with Crippen LogP contribution in [0.2, 0.25) is 10.0 Å². The number of hydrogen-bond acceptors (Lipinski definition) is 4. The van der Waals surface area contributed by atoms with Gasteiger partial charge >= 0.3 is 0 Å². The standard InChI is InChI=1S/C25H26Cl2N4O/c1-3-23-21(15-18-7-5-4-6-8-18)24(29-17(2)28-23)30-11-13-31(14-12-30)25(32)20-10-9-19(26)16-22(20)27/h4-10,16H,3,11-15H2,1-2H3. The average molecular weight is 469 g/mol. The van der Waals surface area contributed by atoms with Crippen LogP contribution in [0.4, 0.5) is 5.82 Å². The number of piperazine rings is 1. The summed E-state index contributed by atoms with van der Waals surface area (Å²) >= 11 is 12.2. The lowest BCUT2D eigenvalue weighted by molar-refractivity contribution is 0.0746. The molecule has 0 unspecified atom stereocenters. The van der Waals surface area contributed by atoms with Gasteiger partial charge in [-0.2, -0.15) is 0 Å². The maximum atomic E-state index is 13.0. The van der Waals surface area contributed by atoms with E-state index in [2.05, 4.69) is 36.1 Å². The number of carbonyl (C=O) groups excluding carboxylic acids is 1. The maximum absolute atomic E-state index is 13.0. The molecule has 0 radical (unpaired) electrons. The van der Waals surface area contributed by atoms with Crippen molar-refractivity contribution in [1.29, 1.82) is 0 Å². The number of rotatable bonds is 5. The molecule has 0 saturated carbocycles. The third-order valence-electron chi connectivity index (χ3n) is 5.77. The number of halogens is 2. The first kappa shape index (κ1) is 22.6. The van der Waals surface area contributed by atoms with Crippen molar-refractivity contribution in [2.75, 3.05) is 31.1 Å². The smallest absolute Gasteiger partial charge is 0.255 e. The van der Waals surface area contributed by atoms with Crippen LogP contribution < -0.4 is 4.90 Å². The molecule has 1 aromatic heterocycles. The molecule has 166 valence electrons. The fourth-order valence-corrected chi connectivity index (χ4v) is 4.62. The van der Waals surface area contributed by atoms with Crippen molar-refractivity contribution in [2.24, 2.45) is 0 Å². The topological polar surface area (TPSA) is 49.3 Å². The first-order chi connectivity index (χ1) is 15.5. The van der Waals surface area contributed by atoms with Gasteiger partial charge in [0.25, 0.3) is 5.91 Å². The molecule has 32 heavy (non-hydrogen) atoms. The molecular formula is C25H26Cl2N4O. The summed E-state index contributed by atoms with van der Waals surface area (Å²) in [5.74, 6) is 1.69. The molecule has 4 rings (SSSR count). The van der Waals surface area contributed by atoms with Crippen molar-refractivity contribution in [3.63, 3.8) is 0 Å². The van der Waals surface area contributed by atoms with Gasteiger partial charge in [-0.25, -0.2) is 9.97 Å². The number of anilines is 1. The van der Waals surface area contributed by atoms with Gasteiger partial charge in [0, 0.05) is 48.9 Å². The van der Waals surface area contributed by atoms with Gasteiger partial charge < -0.3 is 9.80 Å². The maximum Gasteiger partial charge on any atom is 0.255 e. The largest absolute Gasteiger partial charge is 0.353 e. The minimum absolute atomic E-state index is 0.0658. The summed E-state index contributed by atoms with van der Waals surface area (Å²) in [6, 6.07) is 15.4. The first-order valence-corrected chi connectivity index (χ1v) is 11.6. The number of hydrogen-bond donors (Lipinski definition) is 0. The zero-order valence-corrected chi connectivity index (χ0v) is 19.8. The molecule has 2 aromatic carbocycles. The molecule has 7 heteroatoms. The Balaban J connectivity index is 1.55. The van der Waals surface area contributed by atoms with Gasteiger partial charge in [-0.05, 0) is 37.1 Å². The second kappa shape index (κ2) is 9.88. The van der Waals surface area contributed by atoms with Crippen LogP contribution in [0, 0.1) is 6.92 Å². The molecule has 5 nitrogen and oxygen atoms in total. The summed E-state index contributed by atoms with van der Waals surface area (Å²) < 4.78 is 0. The van der Waals surface area contributed by atoms with Crippen LogP contribution in [0.5, 0.6) is 0 Å². The van der Waals surface area contributed by atoms with Gasteiger partial charge in [-0.1, -0.05) is 60.5 Å². The van der Waals surface area contributed by atoms with E-state index < -0.39 is 0 Å². The monoisotopic (exact) mass is 468 g/mol.